The smallest absolute Gasteiger partial charge is 0.184 e. The van der Waals surface area contributed by atoms with Gasteiger partial charge >= 0.3 is 0 Å². The molecule has 0 aromatic heterocycles. The van der Waals surface area contributed by atoms with Crippen LogP contribution in [0.4, 0.5) is 0 Å². The van der Waals surface area contributed by atoms with Gasteiger partial charge in [-0.2, -0.15) is 0 Å². The Labute approximate surface area is 286 Å². The molecule has 0 aliphatic carbocycles. The summed E-state index contributed by atoms with van der Waals surface area (Å²) < 4.78 is 33.4. The van der Waals surface area contributed by atoms with Crippen molar-refractivity contribution < 1.29 is 33.9 Å². The molecule has 1 fully saturated rings. The van der Waals surface area contributed by atoms with E-state index >= 15 is 0 Å². The fourth-order valence-corrected chi connectivity index (χ4v) is 11.8. The Balaban J connectivity index is 1.73. The van der Waals surface area contributed by atoms with Crippen LogP contribution in [0.5, 0.6) is 5.75 Å². The summed E-state index contributed by atoms with van der Waals surface area (Å²) in [6.45, 7) is 6.69. The van der Waals surface area contributed by atoms with Gasteiger partial charge in [0.05, 0.1) is 33.5 Å². The van der Waals surface area contributed by atoms with Gasteiger partial charge in [0.2, 0.25) is 0 Å². The second-order valence-electron chi connectivity index (χ2n) is 12.5. The third-order valence-electron chi connectivity index (χ3n) is 10.2. The Morgan fingerprint density at radius 2 is 1.17 bits per heavy atom. The standard InChI is InChI=1S/C40H50O7Si/c1-5-48(6-2,7-3)40(42)39(34-21-15-10-16-22-34,46-30-33-23-25-35(43-4)26-24-33)38(45-29-32-19-13-9-14-20-32)37(36(27-41)47-40)44-28-31-17-11-8-12-18-31/h8-26,36-38,41-42H,5-7,27-30H2,1-4H3/t36-,37+,38+,39-,40-/m1/s1. The van der Waals surface area contributed by atoms with Gasteiger partial charge < -0.3 is 33.9 Å². The summed E-state index contributed by atoms with van der Waals surface area (Å²) >= 11 is 0. The molecule has 1 saturated heterocycles. The van der Waals surface area contributed by atoms with Crippen molar-refractivity contribution in [1.29, 1.82) is 0 Å². The topological polar surface area (TPSA) is 86.6 Å². The average Bonchev–Trinajstić information content (AvgIpc) is 3.15. The number of aliphatic hydroxyl groups excluding tert-OH is 1. The first-order valence-corrected chi connectivity index (χ1v) is 19.7. The number of ether oxygens (including phenoxy) is 5. The third kappa shape index (κ3) is 7.02. The number of methoxy groups -OCH3 is 1. The van der Waals surface area contributed by atoms with E-state index in [-0.39, 0.29) is 26.4 Å². The van der Waals surface area contributed by atoms with Crippen molar-refractivity contribution in [2.45, 2.75) is 88.0 Å². The van der Waals surface area contributed by atoms with Crippen molar-refractivity contribution in [2.24, 2.45) is 0 Å². The maximum absolute atomic E-state index is 13.6. The fraction of sp³-hybridized carbons (Fsp3) is 0.400. The van der Waals surface area contributed by atoms with Gasteiger partial charge in [-0.05, 0) is 34.4 Å². The van der Waals surface area contributed by atoms with Crippen molar-refractivity contribution in [1.82, 2.24) is 0 Å². The zero-order valence-electron chi connectivity index (χ0n) is 28.6. The molecule has 0 bridgehead atoms. The molecule has 5 atom stereocenters. The van der Waals surface area contributed by atoms with E-state index in [1.807, 2.05) is 115 Å². The van der Waals surface area contributed by atoms with Crippen molar-refractivity contribution in [3.05, 3.63) is 138 Å². The van der Waals surface area contributed by atoms with Crippen LogP contribution in [0.25, 0.3) is 0 Å². The number of hydrogen-bond acceptors (Lipinski definition) is 7. The molecule has 4 aromatic carbocycles. The first-order valence-electron chi connectivity index (χ1n) is 17.0. The molecule has 0 amide bonds. The minimum absolute atomic E-state index is 0.159. The SMILES string of the molecule is CC[Si](CC)(CC)[C@]1(O)O[C@H](CO)[C@H](OCc2ccccc2)[C@H](OCc2ccccc2)[C@]1(OCc1ccc(OC)cc1)c1ccccc1. The van der Waals surface area contributed by atoms with Gasteiger partial charge in [0.25, 0.3) is 0 Å². The summed E-state index contributed by atoms with van der Waals surface area (Å²) in [4.78, 5) is 0. The van der Waals surface area contributed by atoms with Gasteiger partial charge in [0, 0.05) is 0 Å². The summed E-state index contributed by atoms with van der Waals surface area (Å²) in [5, 5.41) is 24.6. The zero-order valence-corrected chi connectivity index (χ0v) is 29.6. The highest BCUT2D eigenvalue weighted by molar-refractivity contribution is 6.82. The quantitative estimate of drug-likeness (QED) is 0.120. The molecule has 2 N–H and O–H groups in total. The molecule has 0 spiro atoms. The number of aliphatic hydroxyl groups is 2. The Morgan fingerprint density at radius 3 is 1.67 bits per heavy atom. The minimum Gasteiger partial charge on any atom is -0.497 e. The molecule has 1 aliphatic rings. The van der Waals surface area contributed by atoms with E-state index in [1.165, 1.54) is 0 Å². The van der Waals surface area contributed by atoms with Crippen LogP contribution in [-0.2, 0) is 44.4 Å². The number of hydrogen-bond donors (Lipinski definition) is 2. The lowest BCUT2D eigenvalue weighted by molar-refractivity contribution is -0.388. The van der Waals surface area contributed by atoms with Crippen LogP contribution < -0.4 is 4.74 Å². The van der Waals surface area contributed by atoms with E-state index in [0.717, 1.165) is 46.1 Å². The lowest BCUT2D eigenvalue weighted by atomic mass is 9.79. The van der Waals surface area contributed by atoms with Crippen molar-refractivity contribution in [3.8, 4) is 5.75 Å². The summed E-state index contributed by atoms with van der Waals surface area (Å²) in [6.07, 6.45) is -2.56. The molecule has 4 aromatic rings. The summed E-state index contributed by atoms with van der Waals surface area (Å²) in [6, 6.07) is 39.6. The van der Waals surface area contributed by atoms with E-state index < -0.39 is 37.4 Å². The summed E-state index contributed by atoms with van der Waals surface area (Å²) in [7, 11) is -1.15. The first-order chi connectivity index (χ1) is 23.4. The van der Waals surface area contributed by atoms with Crippen LogP contribution in [0.15, 0.2) is 115 Å². The number of benzene rings is 4. The molecule has 48 heavy (non-hydrogen) atoms. The molecule has 7 nitrogen and oxygen atoms in total. The summed E-state index contributed by atoms with van der Waals surface area (Å²) in [5.41, 5.74) is 0.226. The van der Waals surface area contributed by atoms with Gasteiger partial charge in [-0.15, -0.1) is 0 Å². The lowest BCUT2D eigenvalue weighted by Crippen LogP contribution is -2.80. The van der Waals surface area contributed by atoms with Crippen LogP contribution in [0.1, 0.15) is 43.0 Å². The van der Waals surface area contributed by atoms with Crippen LogP contribution in [0, 0.1) is 0 Å². The predicted octanol–water partition coefficient (Wildman–Crippen LogP) is 7.41. The van der Waals surface area contributed by atoms with Crippen LogP contribution in [0.2, 0.25) is 18.1 Å². The molecule has 8 heteroatoms. The highest BCUT2D eigenvalue weighted by Crippen LogP contribution is 2.55. The maximum Gasteiger partial charge on any atom is 0.184 e. The molecule has 1 heterocycles. The van der Waals surface area contributed by atoms with Gasteiger partial charge in [-0.25, -0.2) is 0 Å². The van der Waals surface area contributed by atoms with E-state index in [2.05, 4.69) is 20.8 Å². The van der Waals surface area contributed by atoms with Gasteiger partial charge in [0.1, 0.15) is 32.1 Å². The van der Waals surface area contributed by atoms with Crippen molar-refractivity contribution in [2.75, 3.05) is 13.7 Å². The molecule has 5 rings (SSSR count). The average molecular weight is 671 g/mol. The fourth-order valence-electron chi connectivity index (χ4n) is 7.28. The Kier molecular flexibility index (Phi) is 12.3. The molecule has 0 radical (unpaired) electrons. The van der Waals surface area contributed by atoms with Crippen molar-refractivity contribution >= 4 is 8.07 Å². The summed E-state index contributed by atoms with van der Waals surface area (Å²) in [5.74, 6) is 0.743. The second kappa shape index (κ2) is 16.4. The lowest BCUT2D eigenvalue weighted by Gasteiger charge is -2.62. The zero-order chi connectivity index (χ0) is 34.0. The Bertz CT molecular complexity index is 1510. The highest BCUT2D eigenvalue weighted by Gasteiger charge is 2.73. The van der Waals surface area contributed by atoms with E-state index in [1.54, 1.807) is 7.11 Å². The predicted molar refractivity (Wildman–Crippen MR) is 190 cm³/mol. The van der Waals surface area contributed by atoms with Gasteiger partial charge in [0.15, 0.2) is 11.0 Å². The number of rotatable bonds is 16. The van der Waals surface area contributed by atoms with Crippen molar-refractivity contribution in [3.63, 3.8) is 0 Å². The molecular weight excluding hydrogens is 621 g/mol. The Hall–Kier alpha value is -3.34. The molecule has 0 unspecified atom stereocenters. The molecule has 256 valence electrons. The second-order valence-corrected chi connectivity index (χ2v) is 17.9. The van der Waals surface area contributed by atoms with Crippen LogP contribution >= 0.6 is 0 Å². The van der Waals surface area contributed by atoms with E-state index in [9.17, 15) is 10.2 Å². The molecule has 1 aliphatic heterocycles. The highest BCUT2D eigenvalue weighted by atomic mass is 28.3. The van der Waals surface area contributed by atoms with E-state index in [0.29, 0.717) is 0 Å². The van der Waals surface area contributed by atoms with Gasteiger partial charge in [-0.3, -0.25) is 0 Å². The normalized spacial score (nSPS) is 24.3. The maximum atomic E-state index is 13.6. The largest absolute Gasteiger partial charge is 0.497 e. The monoisotopic (exact) mass is 670 g/mol. The Morgan fingerprint density at radius 1 is 0.667 bits per heavy atom. The van der Waals surface area contributed by atoms with Gasteiger partial charge in [-0.1, -0.05) is 142 Å². The molecule has 0 saturated carbocycles. The van der Waals surface area contributed by atoms with E-state index in [4.69, 9.17) is 23.7 Å². The first kappa shape index (κ1) is 36.0. The third-order valence-corrected chi connectivity index (χ3v) is 16.2. The van der Waals surface area contributed by atoms with Crippen LogP contribution in [-0.4, -0.2) is 55.7 Å². The van der Waals surface area contributed by atoms with Crippen LogP contribution in [0.3, 0.4) is 0 Å². The minimum atomic E-state index is -2.79. The molecular formula is C40H50O7Si.